The Morgan fingerprint density at radius 2 is 2.18 bits per heavy atom. The maximum Gasteiger partial charge on any atom is 0.242 e. The fourth-order valence-corrected chi connectivity index (χ4v) is 3.51. The van der Waals surface area contributed by atoms with Crippen molar-refractivity contribution in [3.63, 3.8) is 0 Å². The molecule has 1 fully saturated rings. The molecule has 0 amide bonds. The molecule has 0 bridgehead atoms. The van der Waals surface area contributed by atoms with Gasteiger partial charge in [-0.2, -0.15) is 0 Å². The molecule has 1 aromatic rings. The van der Waals surface area contributed by atoms with Gasteiger partial charge in [0.05, 0.1) is 11.6 Å². The van der Waals surface area contributed by atoms with Gasteiger partial charge in [0.15, 0.2) is 0 Å². The molecule has 2 rings (SSSR count). The van der Waals surface area contributed by atoms with Crippen molar-refractivity contribution < 1.29 is 13.5 Å². The molecule has 6 heteroatoms. The molecule has 0 spiro atoms. The predicted octanol–water partition coefficient (Wildman–Crippen LogP) is 1.52. The van der Waals surface area contributed by atoms with Crippen molar-refractivity contribution in [3.8, 4) is 0 Å². The van der Waals surface area contributed by atoms with Gasteiger partial charge in [0, 0.05) is 6.04 Å². The number of hydrogen-bond donors (Lipinski definition) is 2. The number of aliphatic hydroxyl groups excluding tert-OH is 1. The molecule has 2 N–H and O–H groups in total. The molecule has 17 heavy (non-hydrogen) atoms. The van der Waals surface area contributed by atoms with Gasteiger partial charge in [-0.15, -0.1) is 0 Å². The highest BCUT2D eigenvalue weighted by atomic mass is 35.5. The summed E-state index contributed by atoms with van der Waals surface area (Å²) in [6.45, 7) is 1.78. The van der Waals surface area contributed by atoms with Crippen LogP contribution in [0.15, 0.2) is 23.1 Å². The van der Waals surface area contributed by atoms with Gasteiger partial charge in [-0.25, -0.2) is 13.1 Å². The Bertz CT molecular complexity index is 530. The molecule has 2 atom stereocenters. The van der Waals surface area contributed by atoms with Crippen LogP contribution in [0.3, 0.4) is 0 Å². The Morgan fingerprint density at radius 1 is 1.53 bits per heavy atom. The maximum absolute atomic E-state index is 12.0. The van der Waals surface area contributed by atoms with E-state index in [2.05, 4.69) is 4.72 Å². The van der Waals surface area contributed by atoms with E-state index in [9.17, 15) is 8.42 Å². The average molecular weight is 276 g/mol. The van der Waals surface area contributed by atoms with E-state index in [0.29, 0.717) is 11.5 Å². The summed E-state index contributed by atoms with van der Waals surface area (Å²) in [6, 6.07) is 4.49. The normalized spacial score (nSPS) is 23.7. The Balaban J connectivity index is 2.31. The van der Waals surface area contributed by atoms with E-state index in [0.717, 1.165) is 6.42 Å². The van der Waals surface area contributed by atoms with Crippen LogP contribution in [0.5, 0.6) is 0 Å². The minimum Gasteiger partial charge on any atom is -0.392 e. The van der Waals surface area contributed by atoms with Crippen LogP contribution in [0.25, 0.3) is 0 Å². The van der Waals surface area contributed by atoms with Crippen molar-refractivity contribution >= 4 is 21.6 Å². The van der Waals surface area contributed by atoms with Crippen LogP contribution in [-0.2, 0) is 16.6 Å². The monoisotopic (exact) mass is 275 g/mol. The summed E-state index contributed by atoms with van der Waals surface area (Å²) in [5, 5.41) is 9.17. The third-order valence-electron chi connectivity index (χ3n) is 2.88. The summed E-state index contributed by atoms with van der Waals surface area (Å²) < 4.78 is 26.7. The van der Waals surface area contributed by atoms with Gasteiger partial charge >= 0.3 is 0 Å². The number of aliphatic hydroxyl groups is 1. The first-order chi connectivity index (χ1) is 7.94. The summed E-state index contributed by atoms with van der Waals surface area (Å²) in [6.07, 6.45) is 0.858. The Hall–Kier alpha value is -0.620. The lowest BCUT2D eigenvalue weighted by molar-refractivity contribution is 0.281. The van der Waals surface area contributed by atoms with Crippen LogP contribution in [0.4, 0.5) is 0 Å². The highest BCUT2D eigenvalue weighted by Crippen LogP contribution is 2.32. The predicted molar refractivity (Wildman–Crippen MR) is 65.3 cm³/mol. The van der Waals surface area contributed by atoms with Gasteiger partial charge in [0.25, 0.3) is 0 Å². The zero-order valence-electron chi connectivity index (χ0n) is 9.35. The largest absolute Gasteiger partial charge is 0.392 e. The van der Waals surface area contributed by atoms with Gasteiger partial charge in [-0.3, -0.25) is 0 Å². The molecule has 0 saturated heterocycles. The number of benzene rings is 1. The standard InChI is InChI=1S/C11H14ClNO3S/c1-7-4-10(7)13-17(15,16)11-5-8(6-14)2-3-9(11)12/h2-3,5,7,10,13-14H,4,6H2,1H3. The Labute approximate surface area is 106 Å². The van der Waals surface area contributed by atoms with Gasteiger partial charge < -0.3 is 5.11 Å². The maximum atomic E-state index is 12.0. The SMILES string of the molecule is CC1CC1NS(=O)(=O)c1cc(CO)ccc1Cl. The Kier molecular flexibility index (Phi) is 3.45. The van der Waals surface area contributed by atoms with Gasteiger partial charge in [-0.05, 0) is 30.0 Å². The van der Waals surface area contributed by atoms with Crippen LogP contribution in [0.2, 0.25) is 5.02 Å². The lowest BCUT2D eigenvalue weighted by Gasteiger charge is -2.09. The second-order valence-electron chi connectivity index (χ2n) is 4.36. The van der Waals surface area contributed by atoms with Crippen LogP contribution in [0.1, 0.15) is 18.9 Å². The quantitative estimate of drug-likeness (QED) is 0.876. The summed E-state index contributed by atoms with van der Waals surface area (Å²) in [5.41, 5.74) is 0.527. The van der Waals surface area contributed by atoms with Crippen molar-refractivity contribution in [1.29, 1.82) is 0 Å². The minimum absolute atomic E-state index is 0.00819. The Morgan fingerprint density at radius 3 is 2.71 bits per heavy atom. The number of rotatable bonds is 4. The van der Waals surface area contributed by atoms with Crippen LogP contribution in [0, 0.1) is 5.92 Å². The van der Waals surface area contributed by atoms with E-state index >= 15 is 0 Å². The molecule has 1 aromatic carbocycles. The van der Waals surface area contributed by atoms with Crippen molar-refractivity contribution in [2.75, 3.05) is 0 Å². The molecule has 1 aliphatic carbocycles. The van der Waals surface area contributed by atoms with Gasteiger partial charge in [0.1, 0.15) is 4.90 Å². The molecule has 2 unspecified atom stereocenters. The van der Waals surface area contributed by atoms with E-state index in [-0.39, 0.29) is 22.6 Å². The fraction of sp³-hybridized carbons (Fsp3) is 0.455. The zero-order valence-corrected chi connectivity index (χ0v) is 10.9. The first-order valence-electron chi connectivity index (χ1n) is 5.35. The van der Waals surface area contributed by atoms with E-state index in [1.165, 1.54) is 12.1 Å². The molecule has 0 aromatic heterocycles. The second kappa shape index (κ2) is 4.57. The van der Waals surface area contributed by atoms with E-state index in [1.807, 2.05) is 6.92 Å². The molecule has 0 aliphatic heterocycles. The van der Waals surface area contributed by atoms with Gasteiger partial charge in [0.2, 0.25) is 10.0 Å². The lowest BCUT2D eigenvalue weighted by atomic mass is 10.2. The minimum atomic E-state index is -3.59. The molecular formula is C11H14ClNO3S. The molecule has 1 saturated carbocycles. The van der Waals surface area contributed by atoms with Gasteiger partial charge in [-0.1, -0.05) is 24.6 Å². The molecule has 4 nitrogen and oxygen atoms in total. The summed E-state index contributed by atoms with van der Waals surface area (Å²) in [5.74, 6) is 0.379. The molecule has 0 heterocycles. The summed E-state index contributed by atoms with van der Waals surface area (Å²) >= 11 is 5.88. The second-order valence-corrected chi connectivity index (χ2v) is 6.45. The number of hydrogen-bond acceptors (Lipinski definition) is 3. The third-order valence-corrected chi connectivity index (χ3v) is 4.86. The number of sulfonamides is 1. The summed E-state index contributed by atoms with van der Waals surface area (Å²) in [7, 11) is -3.59. The van der Waals surface area contributed by atoms with Crippen molar-refractivity contribution in [2.24, 2.45) is 5.92 Å². The van der Waals surface area contributed by atoms with Crippen LogP contribution in [-0.4, -0.2) is 19.6 Å². The van der Waals surface area contributed by atoms with Crippen molar-refractivity contribution in [2.45, 2.75) is 30.9 Å². The molecule has 1 aliphatic rings. The van der Waals surface area contributed by atoms with Crippen LogP contribution >= 0.6 is 11.6 Å². The highest BCUT2D eigenvalue weighted by Gasteiger charge is 2.36. The van der Waals surface area contributed by atoms with E-state index < -0.39 is 10.0 Å². The van der Waals surface area contributed by atoms with Crippen LogP contribution < -0.4 is 4.72 Å². The van der Waals surface area contributed by atoms with E-state index in [4.69, 9.17) is 16.7 Å². The first-order valence-corrected chi connectivity index (χ1v) is 7.22. The third kappa shape index (κ3) is 2.80. The fourth-order valence-electron chi connectivity index (χ4n) is 1.60. The van der Waals surface area contributed by atoms with Crippen molar-refractivity contribution in [1.82, 2.24) is 4.72 Å². The lowest BCUT2D eigenvalue weighted by Crippen LogP contribution is -2.27. The van der Waals surface area contributed by atoms with E-state index in [1.54, 1.807) is 6.07 Å². The topological polar surface area (TPSA) is 66.4 Å². The number of halogens is 1. The van der Waals surface area contributed by atoms with Crippen molar-refractivity contribution in [3.05, 3.63) is 28.8 Å². The first kappa shape index (κ1) is 12.8. The summed E-state index contributed by atoms with van der Waals surface area (Å²) in [4.78, 5) is 0.0322. The molecular weight excluding hydrogens is 262 g/mol. The number of nitrogens with one attached hydrogen (secondary N) is 1. The highest BCUT2D eigenvalue weighted by molar-refractivity contribution is 7.89. The smallest absolute Gasteiger partial charge is 0.242 e. The zero-order chi connectivity index (χ0) is 12.6. The average Bonchev–Trinajstić information content (AvgIpc) is 2.93. The molecule has 94 valence electrons. The molecule has 0 radical (unpaired) electrons.